The Hall–Kier alpha value is -4.14. The topological polar surface area (TPSA) is 118 Å². The smallest absolute Gasteiger partial charge is 0.276 e. The first-order valence-corrected chi connectivity index (χ1v) is 9.70. The highest BCUT2D eigenvalue weighted by Crippen LogP contribution is 2.21. The number of amides is 1. The van der Waals surface area contributed by atoms with E-state index in [-0.39, 0.29) is 11.9 Å². The number of carbonyl (C=O) groups excluding carboxylic acids is 1. The third-order valence-corrected chi connectivity index (χ3v) is 4.77. The van der Waals surface area contributed by atoms with E-state index >= 15 is 0 Å². The molecule has 31 heavy (non-hydrogen) atoms. The number of carbonyl (C=O) groups is 1. The number of hydrogen-bond donors (Lipinski definition) is 3. The first-order valence-electron chi connectivity index (χ1n) is 9.70. The zero-order valence-corrected chi connectivity index (χ0v) is 17.2. The van der Waals surface area contributed by atoms with Gasteiger partial charge in [-0.1, -0.05) is 12.1 Å². The third kappa shape index (κ3) is 4.89. The van der Waals surface area contributed by atoms with Gasteiger partial charge >= 0.3 is 0 Å². The van der Waals surface area contributed by atoms with Gasteiger partial charge in [0.2, 0.25) is 5.95 Å². The summed E-state index contributed by atoms with van der Waals surface area (Å²) < 4.78 is 10.3. The van der Waals surface area contributed by atoms with Gasteiger partial charge in [0.15, 0.2) is 0 Å². The van der Waals surface area contributed by atoms with Crippen molar-refractivity contribution in [2.75, 3.05) is 19.5 Å². The Labute approximate surface area is 178 Å². The number of aromatic amines is 2. The van der Waals surface area contributed by atoms with Gasteiger partial charge < -0.3 is 9.47 Å². The minimum Gasteiger partial charge on any atom is -0.497 e. The van der Waals surface area contributed by atoms with Crippen molar-refractivity contribution in [2.45, 2.75) is 12.8 Å². The van der Waals surface area contributed by atoms with Gasteiger partial charge in [0.05, 0.1) is 19.9 Å². The number of aromatic nitrogens is 5. The zero-order chi connectivity index (χ0) is 21.6. The van der Waals surface area contributed by atoms with E-state index in [4.69, 9.17) is 9.47 Å². The van der Waals surface area contributed by atoms with Gasteiger partial charge in [-0.3, -0.25) is 20.3 Å². The van der Waals surface area contributed by atoms with Crippen molar-refractivity contribution >= 4 is 11.9 Å². The summed E-state index contributed by atoms with van der Waals surface area (Å²) in [5.74, 6) is 2.12. The van der Waals surface area contributed by atoms with Crippen LogP contribution in [0.4, 0.5) is 5.95 Å². The predicted molar refractivity (Wildman–Crippen MR) is 115 cm³/mol. The maximum Gasteiger partial charge on any atom is 0.276 e. The molecule has 0 radical (unpaired) electrons. The lowest BCUT2D eigenvalue weighted by molar-refractivity contribution is 0.102. The fourth-order valence-corrected chi connectivity index (χ4v) is 3.03. The first-order chi connectivity index (χ1) is 15.1. The molecule has 9 nitrogen and oxygen atoms in total. The lowest BCUT2D eigenvalue weighted by atomic mass is 10.1. The number of nitrogens with zero attached hydrogens (tertiary/aromatic N) is 3. The molecule has 0 bridgehead atoms. The van der Waals surface area contributed by atoms with Crippen molar-refractivity contribution in [3.05, 3.63) is 71.7 Å². The number of anilines is 1. The van der Waals surface area contributed by atoms with Crippen molar-refractivity contribution < 1.29 is 14.3 Å². The summed E-state index contributed by atoms with van der Waals surface area (Å²) in [6.45, 7) is 0. The van der Waals surface area contributed by atoms with E-state index in [0.29, 0.717) is 23.6 Å². The third-order valence-electron chi connectivity index (χ3n) is 4.77. The van der Waals surface area contributed by atoms with Crippen LogP contribution in [0.3, 0.4) is 0 Å². The van der Waals surface area contributed by atoms with Gasteiger partial charge in [-0.2, -0.15) is 10.1 Å². The van der Waals surface area contributed by atoms with Crippen LogP contribution in [0.2, 0.25) is 0 Å². The highest BCUT2D eigenvalue weighted by atomic mass is 16.5. The maximum atomic E-state index is 12.5. The molecule has 0 saturated heterocycles. The van der Waals surface area contributed by atoms with Crippen LogP contribution in [0.25, 0.3) is 11.3 Å². The fourth-order valence-electron chi connectivity index (χ4n) is 3.03. The summed E-state index contributed by atoms with van der Waals surface area (Å²) in [6.07, 6.45) is 1.46. The van der Waals surface area contributed by atoms with E-state index in [1.807, 2.05) is 48.5 Å². The Morgan fingerprint density at radius 3 is 2.26 bits per heavy atom. The molecule has 158 valence electrons. The van der Waals surface area contributed by atoms with Gasteiger partial charge in [-0.05, 0) is 54.4 Å². The van der Waals surface area contributed by atoms with Gasteiger partial charge in [0, 0.05) is 12.0 Å². The number of rotatable bonds is 8. The largest absolute Gasteiger partial charge is 0.497 e. The molecule has 0 aliphatic rings. The SMILES string of the molecule is COc1ccc(CCc2nc(NC(=O)c3cc(-c4ccc(OC)cc4)n[nH]3)n[nH]2)cc1. The molecule has 4 aromatic rings. The Balaban J connectivity index is 1.34. The summed E-state index contributed by atoms with van der Waals surface area (Å²) in [6, 6.07) is 17.0. The normalized spacial score (nSPS) is 10.6. The molecule has 2 aromatic carbocycles. The Kier molecular flexibility index (Phi) is 5.93. The molecule has 3 N–H and O–H groups in total. The quantitative estimate of drug-likeness (QED) is 0.404. The molecule has 0 atom stereocenters. The molecule has 9 heteroatoms. The minimum absolute atomic E-state index is 0.218. The second-order valence-corrected chi connectivity index (χ2v) is 6.80. The maximum absolute atomic E-state index is 12.5. The number of aryl methyl sites for hydroxylation is 2. The number of hydrogen-bond acceptors (Lipinski definition) is 6. The number of methoxy groups -OCH3 is 2. The van der Waals surface area contributed by atoms with E-state index < -0.39 is 0 Å². The number of H-pyrrole nitrogens is 2. The van der Waals surface area contributed by atoms with Crippen molar-refractivity contribution in [1.29, 1.82) is 0 Å². The summed E-state index contributed by atoms with van der Waals surface area (Å²) >= 11 is 0. The monoisotopic (exact) mass is 418 g/mol. The van der Waals surface area contributed by atoms with Crippen LogP contribution in [0.5, 0.6) is 11.5 Å². The first kappa shape index (κ1) is 20.1. The Morgan fingerprint density at radius 1 is 0.903 bits per heavy atom. The average Bonchev–Trinajstić information content (AvgIpc) is 3.48. The fraction of sp³-hybridized carbons (Fsp3) is 0.182. The summed E-state index contributed by atoms with van der Waals surface area (Å²) in [5.41, 5.74) is 3.00. The van der Waals surface area contributed by atoms with Crippen molar-refractivity contribution in [1.82, 2.24) is 25.4 Å². The molecule has 4 rings (SSSR count). The van der Waals surface area contributed by atoms with Gasteiger partial charge in [-0.25, -0.2) is 0 Å². The molecule has 2 heterocycles. The number of benzene rings is 2. The second kappa shape index (κ2) is 9.12. The highest BCUT2D eigenvalue weighted by molar-refractivity contribution is 6.02. The van der Waals surface area contributed by atoms with E-state index in [1.54, 1.807) is 20.3 Å². The summed E-state index contributed by atoms with van der Waals surface area (Å²) in [7, 11) is 3.25. The van der Waals surface area contributed by atoms with Crippen LogP contribution >= 0.6 is 0 Å². The standard InChI is InChI=1S/C22H22N6O3/c1-30-16-8-3-14(4-9-16)5-12-20-23-22(28-27-20)24-21(29)19-13-18(25-26-19)15-6-10-17(31-2)11-7-15/h3-4,6-11,13H,5,12H2,1-2H3,(H,25,26)(H2,23,24,27,28,29). The van der Waals surface area contributed by atoms with Crippen LogP contribution in [-0.2, 0) is 12.8 Å². The zero-order valence-electron chi connectivity index (χ0n) is 17.2. The summed E-state index contributed by atoms with van der Waals surface area (Å²) in [5, 5.41) is 16.6. The average molecular weight is 418 g/mol. The van der Waals surface area contributed by atoms with E-state index in [1.165, 1.54) is 0 Å². The highest BCUT2D eigenvalue weighted by Gasteiger charge is 2.14. The molecule has 2 aromatic heterocycles. The molecular weight excluding hydrogens is 396 g/mol. The summed E-state index contributed by atoms with van der Waals surface area (Å²) in [4.78, 5) is 16.8. The van der Waals surface area contributed by atoms with Crippen LogP contribution in [-0.4, -0.2) is 45.5 Å². The Morgan fingerprint density at radius 2 is 1.58 bits per heavy atom. The van der Waals surface area contributed by atoms with Crippen LogP contribution in [0, 0.1) is 0 Å². The van der Waals surface area contributed by atoms with E-state index in [9.17, 15) is 4.79 Å². The van der Waals surface area contributed by atoms with Gasteiger partial charge in [-0.15, -0.1) is 5.10 Å². The molecule has 0 spiro atoms. The van der Waals surface area contributed by atoms with Crippen LogP contribution < -0.4 is 14.8 Å². The predicted octanol–water partition coefficient (Wildman–Crippen LogP) is 3.25. The van der Waals surface area contributed by atoms with Gasteiger partial charge in [0.1, 0.15) is 23.0 Å². The van der Waals surface area contributed by atoms with Crippen LogP contribution in [0.15, 0.2) is 54.6 Å². The number of ether oxygens (including phenoxy) is 2. The molecule has 0 unspecified atom stereocenters. The molecule has 1 amide bonds. The molecule has 0 aliphatic carbocycles. The molecular formula is C22H22N6O3. The van der Waals surface area contributed by atoms with E-state index in [0.717, 1.165) is 29.0 Å². The van der Waals surface area contributed by atoms with Crippen molar-refractivity contribution in [3.8, 4) is 22.8 Å². The van der Waals surface area contributed by atoms with Crippen molar-refractivity contribution in [3.63, 3.8) is 0 Å². The van der Waals surface area contributed by atoms with Crippen molar-refractivity contribution in [2.24, 2.45) is 0 Å². The second-order valence-electron chi connectivity index (χ2n) is 6.80. The van der Waals surface area contributed by atoms with Gasteiger partial charge in [0.25, 0.3) is 5.91 Å². The number of nitrogens with one attached hydrogen (secondary N) is 3. The Bertz CT molecular complexity index is 1150. The lowest BCUT2D eigenvalue weighted by Crippen LogP contribution is -2.13. The molecule has 0 aliphatic heterocycles. The molecule has 0 fully saturated rings. The van der Waals surface area contributed by atoms with E-state index in [2.05, 4.69) is 30.7 Å². The molecule has 0 saturated carbocycles. The minimum atomic E-state index is -0.368. The lowest BCUT2D eigenvalue weighted by Gasteiger charge is -2.02. The van der Waals surface area contributed by atoms with Crippen LogP contribution in [0.1, 0.15) is 21.9 Å².